The molecule has 4 heteroatoms. The highest BCUT2D eigenvalue weighted by atomic mass is 16.5. The van der Waals surface area contributed by atoms with Crippen molar-refractivity contribution in [3.05, 3.63) is 82.0 Å². The van der Waals surface area contributed by atoms with Crippen molar-refractivity contribution < 1.29 is 14.6 Å². The van der Waals surface area contributed by atoms with Crippen molar-refractivity contribution >= 4 is 5.91 Å². The van der Waals surface area contributed by atoms with Gasteiger partial charge in [0.1, 0.15) is 11.5 Å². The lowest BCUT2D eigenvalue weighted by Crippen LogP contribution is -2.26. The van der Waals surface area contributed by atoms with Crippen LogP contribution in [0.5, 0.6) is 11.5 Å². The third-order valence-electron chi connectivity index (χ3n) is 5.79. The molecule has 0 aliphatic carbocycles. The minimum absolute atomic E-state index is 0.0647. The Morgan fingerprint density at radius 3 is 2.58 bits per heavy atom. The molecule has 1 amide bonds. The normalized spacial score (nSPS) is 13.4. The number of phenolic OH excluding ortho intramolecular Hbond substituents is 1. The Morgan fingerprint density at radius 2 is 1.90 bits per heavy atom. The Balaban J connectivity index is 1.75. The highest BCUT2D eigenvalue weighted by molar-refractivity contribution is 6.01. The number of methoxy groups -OCH3 is 1. The summed E-state index contributed by atoms with van der Waals surface area (Å²) < 4.78 is 5.57. The Bertz CT molecular complexity index is 985. The van der Waals surface area contributed by atoms with Gasteiger partial charge in [-0.3, -0.25) is 4.79 Å². The Morgan fingerprint density at radius 1 is 1.16 bits per heavy atom. The van der Waals surface area contributed by atoms with Gasteiger partial charge in [-0.1, -0.05) is 53.6 Å². The predicted octanol–water partition coefficient (Wildman–Crippen LogP) is 5.83. The topological polar surface area (TPSA) is 49.8 Å². The van der Waals surface area contributed by atoms with Gasteiger partial charge in [0.25, 0.3) is 5.91 Å². The van der Waals surface area contributed by atoms with Crippen molar-refractivity contribution in [1.29, 1.82) is 0 Å². The predicted molar refractivity (Wildman–Crippen MR) is 126 cm³/mol. The second-order valence-corrected chi connectivity index (χ2v) is 8.48. The highest BCUT2D eigenvalue weighted by Crippen LogP contribution is 2.39. The quantitative estimate of drug-likeness (QED) is 0.520. The lowest BCUT2D eigenvalue weighted by atomic mass is 9.99. The molecule has 0 bridgehead atoms. The number of benzene rings is 2. The fourth-order valence-electron chi connectivity index (χ4n) is 3.97. The summed E-state index contributed by atoms with van der Waals surface area (Å²) in [6.07, 6.45) is 7.67. The van der Waals surface area contributed by atoms with E-state index in [4.69, 9.17) is 4.74 Å². The first kappa shape index (κ1) is 22.7. The number of carbonyl (C=O) groups excluding carboxylic acids is 1. The van der Waals surface area contributed by atoms with Gasteiger partial charge in [0, 0.05) is 18.7 Å². The highest BCUT2D eigenvalue weighted by Gasteiger charge is 2.32. The van der Waals surface area contributed by atoms with E-state index in [-0.39, 0.29) is 11.7 Å². The number of phenols is 1. The summed E-state index contributed by atoms with van der Waals surface area (Å²) in [5.74, 6) is 0.605. The average Bonchev–Trinajstić information content (AvgIpc) is 3.07. The second kappa shape index (κ2) is 10.3. The minimum atomic E-state index is -0.100. The number of nitrogens with zero attached hydrogens (tertiary/aromatic N) is 1. The van der Waals surface area contributed by atoms with Crippen molar-refractivity contribution in [2.24, 2.45) is 0 Å². The van der Waals surface area contributed by atoms with Crippen LogP contribution in [0.4, 0.5) is 0 Å². The number of amides is 1. The van der Waals surface area contributed by atoms with E-state index in [0.717, 1.165) is 24.8 Å². The Labute approximate surface area is 185 Å². The molecular formula is C27H33NO3. The molecule has 0 unspecified atom stereocenters. The number of hydrogen-bond donors (Lipinski definition) is 1. The summed E-state index contributed by atoms with van der Waals surface area (Å²) in [5, 5.41) is 11.0. The van der Waals surface area contributed by atoms with Gasteiger partial charge in [-0.25, -0.2) is 0 Å². The van der Waals surface area contributed by atoms with Crippen molar-refractivity contribution in [2.75, 3.05) is 13.7 Å². The van der Waals surface area contributed by atoms with E-state index in [1.54, 1.807) is 12.0 Å². The fourth-order valence-corrected chi connectivity index (χ4v) is 3.97. The maximum absolute atomic E-state index is 13.0. The first-order valence-electron chi connectivity index (χ1n) is 10.9. The van der Waals surface area contributed by atoms with Crippen LogP contribution in [0.2, 0.25) is 0 Å². The van der Waals surface area contributed by atoms with E-state index >= 15 is 0 Å². The van der Waals surface area contributed by atoms with Gasteiger partial charge in [0.05, 0.1) is 12.7 Å². The van der Waals surface area contributed by atoms with Crippen molar-refractivity contribution in [3.63, 3.8) is 0 Å². The van der Waals surface area contributed by atoms with Crippen molar-refractivity contribution in [2.45, 2.75) is 53.0 Å². The summed E-state index contributed by atoms with van der Waals surface area (Å²) in [4.78, 5) is 14.8. The van der Waals surface area contributed by atoms with Gasteiger partial charge < -0.3 is 14.7 Å². The lowest BCUT2D eigenvalue weighted by molar-refractivity contribution is 0.0778. The van der Waals surface area contributed by atoms with Gasteiger partial charge in [0.2, 0.25) is 0 Å². The number of carbonyl (C=O) groups is 1. The van der Waals surface area contributed by atoms with Crippen LogP contribution in [-0.4, -0.2) is 29.6 Å². The standard InChI is InChI=1S/C27H33NO3/c1-19(2)9-8-10-20(3)13-14-23-24(31-4)17-22-18-28(27(30)25(22)26(23)29)16-15-21-11-6-5-7-12-21/h5-7,9,11-13,17,29H,8,10,14-16,18H2,1-4H3/b20-13-. The summed E-state index contributed by atoms with van der Waals surface area (Å²) in [5.41, 5.74) is 5.72. The molecule has 31 heavy (non-hydrogen) atoms. The molecule has 0 saturated heterocycles. The summed E-state index contributed by atoms with van der Waals surface area (Å²) in [7, 11) is 1.61. The Kier molecular flexibility index (Phi) is 7.56. The van der Waals surface area contributed by atoms with Crippen LogP contribution in [0.1, 0.15) is 60.7 Å². The Hall–Kier alpha value is -3.01. The molecule has 2 aromatic carbocycles. The third-order valence-corrected chi connectivity index (χ3v) is 5.79. The molecule has 1 heterocycles. The number of rotatable bonds is 9. The average molecular weight is 420 g/mol. The van der Waals surface area contributed by atoms with Gasteiger partial charge >= 0.3 is 0 Å². The molecule has 0 radical (unpaired) electrons. The number of ether oxygens (including phenoxy) is 1. The van der Waals surface area contributed by atoms with Crippen LogP contribution in [0.25, 0.3) is 0 Å². The van der Waals surface area contributed by atoms with Crippen LogP contribution < -0.4 is 4.74 Å². The largest absolute Gasteiger partial charge is 0.507 e. The number of allylic oxidation sites excluding steroid dienone is 4. The van der Waals surface area contributed by atoms with Gasteiger partial charge in [-0.15, -0.1) is 0 Å². The van der Waals surface area contributed by atoms with E-state index < -0.39 is 0 Å². The molecule has 1 N–H and O–H groups in total. The molecule has 164 valence electrons. The molecule has 0 aromatic heterocycles. The van der Waals surface area contributed by atoms with Crippen LogP contribution in [-0.2, 0) is 19.4 Å². The molecule has 2 aromatic rings. The summed E-state index contributed by atoms with van der Waals surface area (Å²) in [6.45, 7) is 7.44. The van der Waals surface area contributed by atoms with E-state index in [1.165, 1.54) is 16.7 Å². The van der Waals surface area contributed by atoms with Gasteiger partial charge in [-0.2, -0.15) is 0 Å². The SMILES string of the molecule is COc1cc2c(c(O)c1C/C=C(/C)CCC=C(C)C)C(=O)N(CCc1ccccc1)C2. The molecule has 0 saturated carbocycles. The maximum Gasteiger partial charge on any atom is 0.258 e. The smallest absolute Gasteiger partial charge is 0.258 e. The second-order valence-electron chi connectivity index (χ2n) is 8.48. The van der Waals surface area contributed by atoms with Gasteiger partial charge in [0.15, 0.2) is 0 Å². The zero-order valence-corrected chi connectivity index (χ0v) is 19.1. The zero-order valence-electron chi connectivity index (χ0n) is 19.1. The third kappa shape index (κ3) is 5.57. The molecule has 1 aliphatic heterocycles. The van der Waals surface area contributed by atoms with Crippen molar-refractivity contribution in [3.8, 4) is 11.5 Å². The van der Waals surface area contributed by atoms with E-state index in [1.807, 2.05) is 24.3 Å². The summed E-state index contributed by atoms with van der Waals surface area (Å²) in [6, 6.07) is 12.1. The number of aromatic hydroxyl groups is 1. The molecular weight excluding hydrogens is 386 g/mol. The zero-order chi connectivity index (χ0) is 22.4. The van der Waals surface area contributed by atoms with Crippen LogP contribution in [0.3, 0.4) is 0 Å². The lowest BCUT2D eigenvalue weighted by Gasteiger charge is -2.15. The van der Waals surface area contributed by atoms with Crippen LogP contribution in [0, 0.1) is 0 Å². The van der Waals surface area contributed by atoms with Crippen molar-refractivity contribution in [1.82, 2.24) is 4.90 Å². The van der Waals surface area contributed by atoms with E-state index in [2.05, 4.69) is 45.1 Å². The number of fused-ring (bicyclic) bond motifs is 1. The molecule has 4 nitrogen and oxygen atoms in total. The molecule has 3 rings (SSSR count). The van der Waals surface area contributed by atoms with Crippen LogP contribution >= 0.6 is 0 Å². The molecule has 1 aliphatic rings. The monoisotopic (exact) mass is 419 g/mol. The fraction of sp³-hybridized carbons (Fsp3) is 0.370. The van der Waals surface area contributed by atoms with Gasteiger partial charge in [-0.05, 0) is 63.6 Å². The van der Waals surface area contributed by atoms with E-state index in [0.29, 0.717) is 36.4 Å². The first-order chi connectivity index (χ1) is 14.9. The minimum Gasteiger partial charge on any atom is -0.507 e. The number of hydrogen-bond acceptors (Lipinski definition) is 3. The molecule has 0 fully saturated rings. The summed E-state index contributed by atoms with van der Waals surface area (Å²) >= 11 is 0. The molecule has 0 atom stereocenters. The molecule has 0 spiro atoms. The van der Waals surface area contributed by atoms with E-state index in [9.17, 15) is 9.90 Å². The van der Waals surface area contributed by atoms with Crippen LogP contribution in [0.15, 0.2) is 59.7 Å². The first-order valence-corrected chi connectivity index (χ1v) is 10.9. The maximum atomic E-state index is 13.0.